The van der Waals surface area contributed by atoms with Crippen LogP contribution < -0.4 is 0 Å². The normalized spacial score (nSPS) is 10.1. The summed E-state index contributed by atoms with van der Waals surface area (Å²) in [6.07, 6.45) is -2.29. The first-order valence-electron chi connectivity index (χ1n) is 3.17. The molecule has 78 valence electrons. The van der Waals surface area contributed by atoms with E-state index in [1.807, 2.05) is 0 Å². The van der Waals surface area contributed by atoms with Crippen LogP contribution in [0, 0.1) is 0 Å². The van der Waals surface area contributed by atoms with Gasteiger partial charge in [-0.25, -0.2) is 4.79 Å². The Morgan fingerprint density at radius 1 is 0.929 bits per heavy atom. The van der Waals surface area contributed by atoms with E-state index in [0.717, 1.165) is 0 Å². The second-order valence-corrected chi connectivity index (χ2v) is 2.48. The topological polar surface area (TPSA) is 132 Å². The summed E-state index contributed by atoms with van der Waals surface area (Å²) in [7, 11) is 0. The number of rotatable bonds is 5. The maximum atomic E-state index is 10.3. The van der Waals surface area contributed by atoms with Gasteiger partial charge in [0.2, 0.25) is 0 Å². The Morgan fingerprint density at radius 2 is 1.21 bits per heavy atom. The molecule has 0 saturated heterocycles. The monoisotopic (exact) mass is 312 g/mol. The molecular formula is C6H8O7Sn. The van der Waals surface area contributed by atoms with Crippen LogP contribution in [0.2, 0.25) is 0 Å². The molecular weight excluding hydrogens is 303 g/mol. The first-order chi connectivity index (χ1) is 5.78. The molecule has 0 aromatic heterocycles. The largest absolute Gasteiger partial charge is 0.481 e. The van der Waals surface area contributed by atoms with E-state index in [1.165, 1.54) is 0 Å². The number of aliphatic hydroxyl groups is 1. The fraction of sp³-hybridized carbons (Fsp3) is 0.500. The Bertz CT molecular complexity index is 233. The van der Waals surface area contributed by atoms with Crippen LogP contribution >= 0.6 is 0 Å². The molecule has 0 atom stereocenters. The third kappa shape index (κ3) is 5.02. The summed E-state index contributed by atoms with van der Waals surface area (Å²) in [5, 5.41) is 33.8. The van der Waals surface area contributed by atoms with Gasteiger partial charge < -0.3 is 20.4 Å². The van der Waals surface area contributed by atoms with Gasteiger partial charge in [0.05, 0.1) is 12.8 Å². The van der Waals surface area contributed by atoms with Crippen molar-refractivity contribution in [2.75, 3.05) is 0 Å². The third-order valence-electron chi connectivity index (χ3n) is 1.29. The molecule has 14 heavy (non-hydrogen) atoms. The van der Waals surface area contributed by atoms with Gasteiger partial charge in [-0.15, -0.1) is 0 Å². The average molecular weight is 311 g/mol. The number of hydrogen-bond acceptors (Lipinski definition) is 4. The standard InChI is InChI=1S/C6H8O7.Sn/c7-3(8)1-6(13,5(11)12)2-4(9)10;/h13H,1-2H2,(H,7,8)(H,9,10)(H,11,12);. The summed E-state index contributed by atoms with van der Waals surface area (Å²) >= 11 is 0. The van der Waals surface area contributed by atoms with Crippen molar-refractivity contribution < 1.29 is 34.8 Å². The fourth-order valence-corrected chi connectivity index (χ4v) is 0.714. The molecule has 0 amide bonds. The Labute approximate surface area is 95.3 Å². The maximum absolute atomic E-state index is 10.3. The number of aliphatic carboxylic acids is 3. The predicted molar refractivity (Wildman–Crippen MR) is 42.8 cm³/mol. The molecule has 0 unspecified atom stereocenters. The molecule has 4 radical (unpaired) electrons. The van der Waals surface area contributed by atoms with E-state index in [2.05, 4.69) is 0 Å². The van der Waals surface area contributed by atoms with Gasteiger partial charge in [0.25, 0.3) is 0 Å². The second kappa shape index (κ2) is 5.81. The molecule has 0 aromatic carbocycles. The molecule has 0 aliphatic carbocycles. The molecule has 0 aliphatic heterocycles. The van der Waals surface area contributed by atoms with Gasteiger partial charge in [-0.1, -0.05) is 0 Å². The Balaban J connectivity index is 0. The van der Waals surface area contributed by atoms with E-state index < -0.39 is 36.4 Å². The first-order valence-corrected chi connectivity index (χ1v) is 3.17. The SMILES string of the molecule is O=C(O)CC(O)(CC(=O)O)C(=O)O.[Sn]. The van der Waals surface area contributed by atoms with Crippen molar-refractivity contribution in [3.8, 4) is 0 Å². The fourth-order valence-electron chi connectivity index (χ4n) is 0.714. The predicted octanol–water partition coefficient (Wildman–Crippen LogP) is -1.63. The van der Waals surface area contributed by atoms with E-state index in [9.17, 15) is 14.4 Å². The van der Waals surface area contributed by atoms with Crippen molar-refractivity contribution in [3.05, 3.63) is 0 Å². The Hall–Kier alpha value is -0.831. The van der Waals surface area contributed by atoms with Crippen LogP contribution in [-0.2, 0) is 14.4 Å². The molecule has 0 fully saturated rings. The van der Waals surface area contributed by atoms with Gasteiger partial charge in [-0.3, -0.25) is 9.59 Å². The number of carboxylic acid groups (broad SMARTS) is 3. The minimum Gasteiger partial charge on any atom is -0.481 e. The molecule has 0 spiro atoms. The summed E-state index contributed by atoms with van der Waals surface area (Å²) in [4.78, 5) is 30.5. The van der Waals surface area contributed by atoms with Crippen molar-refractivity contribution in [1.82, 2.24) is 0 Å². The van der Waals surface area contributed by atoms with Crippen LogP contribution in [0.15, 0.2) is 0 Å². The molecule has 0 aliphatic rings. The molecule has 0 bridgehead atoms. The van der Waals surface area contributed by atoms with Gasteiger partial charge in [0.1, 0.15) is 0 Å². The molecule has 8 heteroatoms. The van der Waals surface area contributed by atoms with Crippen LogP contribution in [0.4, 0.5) is 0 Å². The molecule has 7 nitrogen and oxygen atoms in total. The van der Waals surface area contributed by atoms with E-state index in [1.54, 1.807) is 0 Å². The van der Waals surface area contributed by atoms with Gasteiger partial charge in [-0.2, -0.15) is 0 Å². The van der Waals surface area contributed by atoms with Crippen LogP contribution in [0.25, 0.3) is 0 Å². The smallest absolute Gasteiger partial charge is 0.336 e. The Kier molecular flexibility index (Phi) is 6.48. The van der Waals surface area contributed by atoms with Gasteiger partial charge in [0.15, 0.2) is 5.60 Å². The van der Waals surface area contributed by atoms with E-state index >= 15 is 0 Å². The average Bonchev–Trinajstić information content (AvgIpc) is 1.82. The van der Waals surface area contributed by atoms with Crippen LogP contribution in [0.1, 0.15) is 12.8 Å². The summed E-state index contributed by atoms with van der Waals surface area (Å²) in [6.45, 7) is 0. The van der Waals surface area contributed by atoms with Crippen molar-refractivity contribution >= 4 is 41.8 Å². The summed E-state index contributed by atoms with van der Waals surface area (Å²) < 4.78 is 0. The molecule has 0 aromatic rings. The van der Waals surface area contributed by atoms with Gasteiger partial charge in [-0.05, 0) is 0 Å². The zero-order valence-electron chi connectivity index (χ0n) is 6.93. The van der Waals surface area contributed by atoms with Crippen molar-refractivity contribution in [1.29, 1.82) is 0 Å². The quantitative estimate of drug-likeness (QED) is 0.448. The summed E-state index contributed by atoms with van der Waals surface area (Å²) in [5.41, 5.74) is -2.74. The number of carbonyl (C=O) groups is 3. The molecule has 0 heterocycles. The molecule has 0 saturated carbocycles. The maximum Gasteiger partial charge on any atom is 0.336 e. The molecule has 4 N–H and O–H groups in total. The van der Waals surface area contributed by atoms with E-state index in [0.29, 0.717) is 0 Å². The third-order valence-corrected chi connectivity index (χ3v) is 1.29. The minimum atomic E-state index is -2.74. The van der Waals surface area contributed by atoms with E-state index in [4.69, 9.17) is 20.4 Å². The van der Waals surface area contributed by atoms with Gasteiger partial charge in [0, 0.05) is 23.9 Å². The zero-order valence-corrected chi connectivity index (χ0v) is 9.78. The first kappa shape index (κ1) is 15.6. The number of hydrogen-bond donors (Lipinski definition) is 4. The minimum absolute atomic E-state index is 0. The van der Waals surface area contributed by atoms with Crippen molar-refractivity contribution in [3.63, 3.8) is 0 Å². The van der Waals surface area contributed by atoms with Crippen molar-refractivity contribution in [2.45, 2.75) is 18.4 Å². The van der Waals surface area contributed by atoms with Gasteiger partial charge >= 0.3 is 17.9 Å². The molecule has 0 rings (SSSR count). The Morgan fingerprint density at radius 3 is 1.36 bits per heavy atom. The zero-order chi connectivity index (χ0) is 10.6. The van der Waals surface area contributed by atoms with Crippen LogP contribution in [0.5, 0.6) is 0 Å². The number of carboxylic acids is 3. The van der Waals surface area contributed by atoms with Crippen molar-refractivity contribution in [2.24, 2.45) is 0 Å². The van der Waals surface area contributed by atoms with Crippen LogP contribution in [-0.4, -0.2) is 67.8 Å². The second-order valence-electron chi connectivity index (χ2n) is 2.48. The van der Waals surface area contributed by atoms with E-state index in [-0.39, 0.29) is 23.9 Å². The summed E-state index contributed by atoms with van der Waals surface area (Å²) in [5.74, 6) is -5.02. The summed E-state index contributed by atoms with van der Waals surface area (Å²) in [6, 6.07) is 0. The van der Waals surface area contributed by atoms with Crippen LogP contribution in [0.3, 0.4) is 0 Å².